The largest absolute Gasteiger partial charge is 0.458 e. The molecule has 0 aromatic heterocycles. The van der Waals surface area contributed by atoms with E-state index in [4.69, 9.17) is 9.47 Å². The first-order valence-electron chi connectivity index (χ1n) is 10.5. The molecule has 0 heterocycles. The van der Waals surface area contributed by atoms with Gasteiger partial charge in [0.15, 0.2) is 0 Å². The van der Waals surface area contributed by atoms with Crippen molar-refractivity contribution in [3.8, 4) is 5.75 Å². The summed E-state index contributed by atoms with van der Waals surface area (Å²) in [6.45, 7) is 6.84. The van der Waals surface area contributed by atoms with Gasteiger partial charge in [0.1, 0.15) is 18.2 Å². The van der Waals surface area contributed by atoms with Gasteiger partial charge in [0.25, 0.3) is 0 Å². The Bertz CT molecular complexity index is 1250. The van der Waals surface area contributed by atoms with Crippen LogP contribution in [0.15, 0.2) is 92.0 Å². The number of ether oxygens (including phenoxy) is 2. The van der Waals surface area contributed by atoms with Crippen molar-refractivity contribution in [2.24, 2.45) is 0 Å². The molecule has 0 radical (unpaired) electrons. The van der Waals surface area contributed by atoms with E-state index in [0.29, 0.717) is 16.9 Å². The molecule has 0 saturated heterocycles. The van der Waals surface area contributed by atoms with Gasteiger partial charge < -0.3 is 9.47 Å². The van der Waals surface area contributed by atoms with Crippen LogP contribution in [0.25, 0.3) is 24.3 Å². The zero-order valence-corrected chi connectivity index (χ0v) is 18.4. The molecule has 3 aromatic rings. The summed E-state index contributed by atoms with van der Waals surface area (Å²) >= 11 is 0. The molecule has 170 valence electrons. The van der Waals surface area contributed by atoms with Crippen molar-refractivity contribution in [2.45, 2.75) is 6.61 Å². The van der Waals surface area contributed by atoms with Crippen molar-refractivity contribution in [1.82, 2.24) is 0 Å². The standard InChI is InChI=1S/C29H23FO4/c1-3-28(31)33-20-25-8-6-5-7-23(25)15-16-24-14-11-22(19-27(24)30)10-9-21-12-17-26(18-13-21)34-29(32)4-2/h3-19H,1-2,20H2/b10-9+,16-15+. The summed E-state index contributed by atoms with van der Waals surface area (Å²) < 4.78 is 24.8. The van der Waals surface area contributed by atoms with Crippen LogP contribution in [0.3, 0.4) is 0 Å². The number of hydrogen-bond donors (Lipinski definition) is 0. The van der Waals surface area contributed by atoms with Crippen LogP contribution in [0.1, 0.15) is 27.8 Å². The molecule has 3 rings (SSSR count). The Kier molecular flexibility index (Phi) is 8.47. The number of carbonyl (C=O) groups excluding carboxylic acids is 2. The molecule has 0 fully saturated rings. The minimum atomic E-state index is -0.521. The van der Waals surface area contributed by atoms with Gasteiger partial charge in [-0.3, -0.25) is 0 Å². The second-order valence-electron chi connectivity index (χ2n) is 7.15. The number of rotatable bonds is 9. The van der Waals surface area contributed by atoms with E-state index in [2.05, 4.69) is 13.2 Å². The van der Waals surface area contributed by atoms with Crippen LogP contribution >= 0.6 is 0 Å². The Morgan fingerprint density at radius 1 is 0.765 bits per heavy atom. The fourth-order valence-corrected chi connectivity index (χ4v) is 3.00. The minimum Gasteiger partial charge on any atom is -0.458 e. The molecule has 34 heavy (non-hydrogen) atoms. The highest BCUT2D eigenvalue weighted by atomic mass is 19.1. The topological polar surface area (TPSA) is 52.6 Å². The van der Waals surface area contributed by atoms with Crippen LogP contribution in [0, 0.1) is 5.82 Å². The van der Waals surface area contributed by atoms with Gasteiger partial charge >= 0.3 is 11.9 Å². The molecule has 0 aliphatic carbocycles. The molecular weight excluding hydrogens is 431 g/mol. The van der Waals surface area contributed by atoms with Gasteiger partial charge in [0.2, 0.25) is 0 Å². The van der Waals surface area contributed by atoms with E-state index in [1.165, 1.54) is 6.07 Å². The maximum Gasteiger partial charge on any atom is 0.335 e. The summed E-state index contributed by atoms with van der Waals surface area (Å²) in [5.41, 5.74) is 3.64. The molecule has 0 spiro atoms. The third-order valence-corrected chi connectivity index (χ3v) is 4.79. The van der Waals surface area contributed by atoms with Crippen molar-refractivity contribution < 1.29 is 23.5 Å². The molecule has 0 saturated carbocycles. The normalized spacial score (nSPS) is 10.9. The van der Waals surface area contributed by atoms with Gasteiger partial charge in [0.05, 0.1) is 0 Å². The summed E-state index contributed by atoms with van der Waals surface area (Å²) in [6, 6.07) is 19.3. The van der Waals surface area contributed by atoms with E-state index in [9.17, 15) is 14.0 Å². The molecule has 0 unspecified atom stereocenters. The van der Waals surface area contributed by atoms with Gasteiger partial charge in [-0.2, -0.15) is 0 Å². The van der Waals surface area contributed by atoms with Crippen LogP contribution in [-0.4, -0.2) is 11.9 Å². The van der Waals surface area contributed by atoms with Crippen LogP contribution in [-0.2, 0) is 20.9 Å². The highest BCUT2D eigenvalue weighted by molar-refractivity contribution is 5.83. The van der Waals surface area contributed by atoms with Crippen LogP contribution in [0.5, 0.6) is 5.75 Å². The van der Waals surface area contributed by atoms with Crippen molar-refractivity contribution in [2.75, 3.05) is 0 Å². The van der Waals surface area contributed by atoms with Gasteiger partial charge in [-0.15, -0.1) is 0 Å². The first kappa shape index (κ1) is 24.1. The predicted octanol–water partition coefficient (Wildman–Crippen LogP) is 6.49. The van der Waals surface area contributed by atoms with Crippen molar-refractivity contribution in [3.63, 3.8) is 0 Å². The van der Waals surface area contributed by atoms with E-state index in [1.807, 2.05) is 36.4 Å². The van der Waals surface area contributed by atoms with Gasteiger partial charge in [-0.1, -0.05) is 86.0 Å². The quantitative estimate of drug-likeness (QED) is 0.161. The lowest BCUT2D eigenvalue weighted by atomic mass is 10.0. The van der Waals surface area contributed by atoms with E-state index < -0.39 is 11.9 Å². The number of carbonyl (C=O) groups is 2. The number of esters is 2. The second kappa shape index (κ2) is 11.9. The maximum atomic E-state index is 14.7. The summed E-state index contributed by atoms with van der Waals surface area (Å²) in [6.07, 6.45) is 9.31. The van der Waals surface area contributed by atoms with Gasteiger partial charge in [-0.05, 0) is 40.5 Å². The lowest BCUT2D eigenvalue weighted by Crippen LogP contribution is -2.02. The maximum absolute atomic E-state index is 14.7. The second-order valence-corrected chi connectivity index (χ2v) is 7.15. The lowest BCUT2D eigenvalue weighted by molar-refractivity contribution is -0.139. The summed E-state index contributed by atoms with van der Waals surface area (Å²) in [5.74, 6) is -0.960. The van der Waals surface area contributed by atoms with Crippen LogP contribution in [0.2, 0.25) is 0 Å². The Labute approximate surface area is 198 Å². The predicted molar refractivity (Wildman–Crippen MR) is 133 cm³/mol. The Hall–Kier alpha value is -4.51. The third kappa shape index (κ3) is 7.00. The van der Waals surface area contributed by atoms with E-state index in [0.717, 1.165) is 28.8 Å². The molecule has 5 heteroatoms. The van der Waals surface area contributed by atoms with Gasteiger partial charge in [-0.25, -0.2) is 14.0 Å². The fourth-order valence-electron chi connectivity index (χ4n) is 3.00. The number of hydrogen-bond acceptors (Lipinski definition) is 4. The molecule has 0 aliphatic heterocycles. The Morgan fingerprint density at radius 2 is 1.41 bits per heavy atom. The van der Waals surface area contributed by atoms with E-state index >= 15 is 0 Å². The van der Waals surface area contributed by atoms with E-state index in [1.54, 1.807) is 48.6 Å². The first-order valence-corrected chi connectivity index (χ1v) is 10.5. The van der Waals surface area contributed by atoms with Crippen molar-refractivity contribution >= 4 is 36.2 Å². The van der Waals surface area contributed by atoms with Gasteiger partial charge in [0, 0.05) is 17.7 Å². The summed E-state index contributed by atoms with van der Waals surface area (Å²) in [4.78, 5) is 22.6. The summed E-state index contributed by atoms with van der Waals surface area (Å²) in [5, 5.41) is 0. The number of benzene rings is 3. The SMILES string of the molecule is C=CC(=O)OCc1ccccc1/C=C/c1ccc(/C=C/c2ccc(OC(=O)C=C)cc2)cc1F. The lowest BCUT2D eigenvalue weighted by Gasteiger charge is -2.06. The molecule has 0 aliphatic rings. The highest BCUT2D eigenvalue weighted by Crippen LogP contribution is 2.19. The van der Waals surface area contributed by atoms with E-state index in [-0.39, 0.29) is 12.4 Å². The molecule has 0 amide bonds. The molecule has 0 bridgehead atoms. The smallest absolute Gasteiger partial charge is 0.335 e. The molecular formula is C29H23FO4. The molecule has 0 atom stereocenters. The fraction of sp³-hybridized carbons (Fsp3) is 0.0345. The monoisotopic (exact) mass is 454 g/mol. The van der Waals surface area contributed by atoms with Crippen LogP contribution < -0.4 is 4.74 Å². The molecule has 4 nitrogen and oxygen atoms in total. The van der Waals surface area contributed by atoms with Crippen LogP contribution in [0.4, 0.5) is 4.39 Å². The Morgan fingerprint density at radius 3 is 2.12 bits per heavy atom. The minimum absolute atomic E-state index is 0.106. The number of halogens is 1. The van der Waals surface area contributed by atoms with Crippen molar-refractivity contribution in [1.29, 1.82) is 0 Å². The zero-order valence-electron chi connectivity index (χ0n) is 18.4. The van der Waals surface area contributed by atoms with Crippen molar-refractivity contribution in [3.05, 3.63) is 126 Å². The molecule has 3 aromatic carbocycles. The Balaban J connectivity index is 1.68. The zero-order chi connectivity index (χ0) is 24.3. The first-order chi connectivity index (χ1) is 16.5. The average Bonchev–Trinajstić information content (AvgIpc) is 2.86. The average molecular weight is 454 g/mol. The highest BCUT2D eigenvalue weighted by Gasteiger charge is 2.04. The summed E-state index contributed by atoms with van der Waals surface area (Å²) in [7, 11) is 0. The third-order valence-electron chi connectivity index (χ3n) is 4.79. The molecule has 0 N–H and O–H groups in total.